The molecule has 1 saturated heterocycles. The third kappa shape index (κ3) is 4.09. The van der Waals surface area contributed by atoms with Crippen molar-refractivity contribution in [2.45, 2.75) is 31.6 Å². The predicted octanol–water partition coefficient (Wildman–Crippen LogP) is 1.95. The largest absolute Gasteiger partial charge is 0.497 e. The number of rotatable bonds is 5. The zero-order valence-electron chi connectivity index (χ0n) is 19.7. The molecule has 0 spiro atoms. The summed E-state index contributed by atoms with van der Waals surface area (Å²) in [5.74, 6) is 1.02. The molecule has 1 aromatic carbocycles. The molecule has 1 fully saturated rings. The van der Waals surface area contributed by atoms with Crippen LogP contribution in [-0.4, -0.2) is 54.0 Å². The highest BCUT2D eigenvalue weighted by molar-refractivity contribution is 6.02. The second-order valence-corrected chi connectivity index (χ2v) is 9.04. The molecule has 1 atom stereocenters. The average Bonchev–Trinajstić information content (AvgIpc) is 2.87. The van der Waals surface area contributed by atoms with E-state index in [9.17, 15) is 14.4 Å². The number of nitrogens with zero attached hydrogens (tertiary/aromatic N) is 3. The van der Waals surface area contributed by atoms with Crippen molar-refractivity contribution in [3.8, 4) is 11.5 Å². The number of nitrogens with two attached hydrogens (primary N) is 1. The molecule has 35 heavy (non-hydrogen) atoms. The molecule has 3 aromatic rings. The fourth-order valence-corrected chi connectivity index (χ4v) is 5.16. The van der Waals surface area contributed by atoms with E-state index in [4.69, 9.17) is 15.2 Å². The number of benzene rings is 1. The first-order valence-corrected chi connectivity index (χ1v) is 11.6. The van der Waals surface area contributed by atoms with Crippen LogP contribution in [0.5, 0.6) is 11.5 Å². The van der Waals surface area contributed by atoms with Gasteiger partial charge in [0.15, 0.2) is 11.4 Å². The van der Waals surface area contributed by atoms with Gasteiger partial charge in [-0.15, -0.1) is 0 Å². The normalized spacial score (nSPS) is 18.4. The lowest BCUT2D eigenvalue weighted by atomic mass is 9.79. The molecule has 0 saturated carbocycles. The standard InChI is InChI=1S/C25H27N5O5/c1-34-15-3-4-16(20(11-15)35-2)14-9-17-18(19(31)10-14)12-27-23-21(17)24(33)29-25(28-23)30-7-5-13(6-8-30)22(26)32/h3-4,11-14H,5-10H2,1-2H3,(H2,26,32)(H,27,28,29,33). The Morgan fingerprint density at radius 2 is 1.91 bits per heavy atom. The molecule has 5 rings (SSSR count). The van der Waals surface area contributed by atoms with Gasteiger partial charge in [0.25, 0.3) is 5.56 Å². The van der Waals surface area contributed by atoms with E-state index in [1.54, 1.807) is 20.3 Å². The number of H-pyrrole nitrogens is 1. The molecule has 0 bridgehead atoms. The molecule has 2 aromatic heterocycles. The number of pyridine rings is 1. The van der Waals surface area contributed by atoms with Gasteiger partial charge in [-0.1, -0.05) is 6.07 Å². The molecule has 3 N–H and O–H groups in total. The first-order chi connectivity index (χ1) is 16.9. The molecule has 1 aliphatic carbocycles. The highest BCUT2D eigenvalue weighted by Gasteiger charge is 2.32. The van der Waals surface area contributed by atoms with Crippen LogP contribution in [0.3, 0.4) is 0 Å². The average molecular weight is 478 g/mol. The van der Waals surface area contributed by atoms with E-state index in [1.165, 1.54) is 6.20 Å². The Morgan fingerprint density at radius 1 is 1.14 bits per heavy atom. The van der Waals surface area contributed by atoms with Crippen LogP contribution in [0.25, 0.3) is 11.0 Å². The number of ketones is 1. The molecule has 10 heteroatoms. The van der Waals surface area contributed by atoms with Crippen LogP contribution < -0.4 is 25.7 Å². The minimum absolute atomic E-state index is 0.0690. The summed E-state index contributed by atoms with van der Waals surface area (Å²) < 4.78 is 10.9. The molecule has 1 unspecified atom stereocenters. The summed E-state index contributed by atoms with van der Waals surface area (Å²) in [6.45, 7) is 1.12. The Morgan fingerprint density at radius 3 is 2.60 bits per heavy atom. The van der Waals surface area contributed by atoms with Gasteiger partial charge in [-0.2, -0.15) is 4.98 Å². The van der Waals surface area contributed by atoms with E-state index in [0.717, 1.165) is 5.56 Å². The number of amides is 1. The summed E-state index contributed by atoms with van der Waals surface area (Å²) in [6, 6.07) is 5.53. The highest BCUT2D eigenvalue weighted by Crippen LogP contribution is 2.39. The Bertz CT molecular complexity index is 1380. The Balaban J connectivity index is 1.51. The van der Waals surface area contributed by atoms with Gasteiger partial charge >= 0.3 is 0 Å². The molecular formula is C25H27N5O5. The summed E-state index contributed by atoms with van der Waals surface area (Å²) in [6.07, 6.45) is 3.51. The quantitative estimate of drug-likeness (QED) is 0.568. The fraction of sp³-hybridized carbons (Fsp3) is 0.400. The van der Waals surface area contributed by atoms with Crippen molar-refractivity contribution in [2.75, 3.05) is 32.2 Å². The van der Waals surface area contributed by atoms with Gasteiger partial charge in [-0.3, -0.25) is 19.4 Å². The van der Waals surface area contributed by atoms with Gasteiger partial charge in [-0.05, 0) is 42.4 Å². The number of carbonyl (C=O) groups is 2. The van der Waals surface area contributed by atoms with E-state index >= 15 is 0 Å². The van der Waals surface area contributed by atoms with Crippen molar-refractivity contribution in [3.63, 3.8) is 0 Å². The zero-order chi connectivity index (χ0) is 24.7. The number of ether oxygens (including phenoxy) is 2. The number of fused-ring (bicyclic) bond motifs is 3. The molecule has 182 valence electrons. The van der Waals surface area contributed by atoms with Crippen molar-refractivity contribution in [2.24, 2.45) is 11.7 Å². The molecule has 3 heterocycles. The summed E-state index contributed by atoms with van der Waals surface area (Å²) in [5.41, 5.74) is 7.40. The van der Waals surface area contributed by atoms with Gasteiger partial charge in [0.05, 0.1) is 19.6 Å². The number of hydrogen-bond acceptors (Lipinski definition) is 8. The summed E-state index contributed by atoms with van der Waals surface area (Å²) in [5, 5.41) is 0.337. The highest BCUT2D eigenvalue weighted by atomic mass is 16.5. The number of methoxy groups -OCH3 is 2. The van der Waals surface area contributed by atoms with Crippen LogP contribution in [0.1, 0.15) is 46.7 Å². The van der Waals surface area contributed by atoms with Crippen molar-refractivity contribution in [3.05, 3.63) is 51.4 Å². The van der Waals surface area contributed by atoms with Crippen molar-refractivity contribution in [1.82, 2.24) is 15.0 Å². The number of carbonyl (C=O) groups excluding carboxylic acids is 2. The van der Waals surface area contributed by atoms with Gasteiger partial charge in [0.1, 0.15) is 11.5 Å². The van der Waals surface area contributed by atoms with Crippen molar-refractivity contribution in [1.29, 1.82) is 0 Å². The number of hydrogen-bond donors (Lipinski definition) is 2. The Hall–Kier alpha value is -3.95. The second kappa shape index (κ2) is 9.01. The van der Waals surface area contributed by atoms with Gasteiger partial charge in [-0.25, -0.2) is 4.98 Å². The number of aromatic nitrogens is 3. The van der Waals surface area contributed by atoms with Crippen molar-refractivity contribution < 1.29 is 19.1 Å². The number of aromatic amines is 1. The topological polar surface area (TPSA) is 140 Å². The zero-order valence-corrected chi connectivity index (χ0v) is 19.7. The lowest BCUT2D eigenvalue weighted by Gasteiger charge is -2.31. The van der Waals surface area contributed by atoms with E-state index in [-0.39, 0.29) is 29.1 Å². The number of piperidine rings is 1. The lowest BCUT2D eigenvalue weighted by Crippen LogP contribution is -2.40. The monoisotopic (exact) mass is 477 g/mol. The van der Waals surface area contributed by atoms with E-state index in [0.29, 0.717) is 78.4 Å². The first kappa shape index (κ1) is 22.8. The third-order valence-electron chi connectivity index (χ3n) is 7.09. The van der Waals surface area contributed by atoms with Crippen LogP contribution in [0.4, 0.5) is 5.95 Å². The van der Waals surface area contributed by atoms with E-state index in [1.807, 2.05) is 17.0 Å². The summed E-state index contributed by atoms with van der Waals surface area (Å²) >= 11 is 0. The number of Topliss-reactive ketones (excluding diaryl/α,β-unsaturated/α-hetero) is 1. The van der Waals surface area contributed by atoms with Gasteiger partial charge in [0, 0.05) is 43.3 Å². The molecule has 0 radical (unpaired) electrons. The minimum atomic E-state index is -0.332. The Labute approximate surface area is 201 Å². The lowest BCUT2D eigenvalue weighted by molar-refractivity contribution is -0.122. The predicted molar refractivity (Wildman–Crippen MR) is 129 cm³/mol. The maximum absolute atomic E-state index is 13.3. The first-order valence-electron chi connectivity index (χ1n) is 11.6. The van der Waals surface area contributed by atoms with E-state index < -0.39 is 0 Å². The summed E-state index contributed by atoms with van der Waals surface area (Å²) in [4.78, 5) is 51.6. The number of nitrogens with one attached hydrogen (secondary N) is 1. The summed E-state index contributed by atoms with van der Waals surface area (Å²) in [7, 11) is 3.17. The fourth-order valence-electron chi connectivity index (χ4n) is 5.16. The van der Waals surface area contributed by atoms with Crippen LogP contribution in [0.15, 0.2) is 29.2 Å². The molecule has 2 aliphatic rings. The minimum Gasteiger partial charge on any atom is -0.497 e. The van der Waals surface area contributed by atoms with Gasteiger partial charge < -0.3 is 20.1 Å². The number of anilines is 1. The van der Waals surface area contributed by atoms with Crippen LogP contribution >= 0.6 is 0 Å². The maximum Gasteiger partial charge on any atom is 0.262 e. The third-order valence-corrected chi connectivity index (χ3v) is 7.09. The second-order valence-electron chi connectivity index (χ2n) is 9.04. The number of primary amides is 1. The maximum atomic E-state index is 13.3. The SMILES string of the molecule is COc1ccc(C2CC(=O)c3cnc4nc(N5CCC(C(N)=O)CC5)[nH]c(=O)c4c3C2)c(OC)c1. The molecule has 1 aliphatic heterocycles. The van der Waals surface area contributed by atoms with E-state index in [2.05, 4.69) is 15.0 Å². The molecular weight excluding hydrogens is 450 g/mol. The van der Waals surface area contributed by atoms with Crippen LogP contribution in [0, 0.1) is 5.92 Å². The van der Waals surface area contributed by atoms with Gasteiger partial charge in [0.2, 0.25) is 11.9 Å². The smallest absolute Gasteiger partial charge is 0.262 e. The molecule has 10 nitrogen and oxygen atoms in total. The van der Waals surface area contributed by atoms with Crippen LogP contribution in [-0.2, 0) is 11.2 Å². The van der Waals surface area contributed by atoms with Crippen molar-refractivity contribution >= 4 is 28.7 Å². The Kier molecular flexibility index (Phi) is 5.88. The molecule has 1 amide bonds. The van der Waals surface area contributed by atoms with Crippen LogP contribution in [0.2, 0.25) is 0 Å².